The van der Waals surface area contributed by atoms with Crippen molar-refractivity contribution >= 4 is 29.3 Å². The third-order valence-corrected chi connectivity index (χ3v) is 4.57. The van der Waals surface area contributed by atoms with Gasteiger partial charge in [-0.3, -0.25) is 9.59 Å². The van der Waals surface area contributed by atoms with Gasteiger partial charge in [0.25, 0.3) is 0 Å². The largest absolute Gasteiger partial charge is 0.493 e. The molecule has 3 N–H and O–H groups in total. The van der Waals surface area contributed by atoms with Gasteiger partial charge in [-0.05, 0) is 49.4 Å². The molecule has 1 atom stereocenters. The molecule has 0 radical (unpaired) electrons. The smallest absolute Gasteiger partial charge is 0.248 e. The van der Waals surface area contributed by atoms with Crippen molar-refractivity contribution < 1.29 is 19.1 Å². The third kappa shape index (κ3) is 4.90. The predicted octanol–water partition coefficient (Wildman–Crippen LogP) is 2.92. The normalized spacial score (nSPS) is 11.5. The molecule has 6 nitrogen and oxygen atoms in total. The summed E-state index contributed by atoms with van der Waals surface area (Å²) in [5, 5.41) is 2.49. The Hall–Kier alpha value is -2.67. The maximum Gasteiger partial charge on any atom is 0.248 e. The zero-order chi connectivity index (χ0) is 18.4. The minimum atomic E-state index is -0.504. The Balaban J connectivity index is 2.01. The van der Waals surface area contributed by atoms with Crippen LogP contribution in [0.5, 0.6) is 11.5 Å². The first-order valence-corrected chi connectivity index (χ1v) is 8.42. The number of nitrogens with two attached hydrogens (primary N) is 1. The van der Waals surface area contributed by atoms with Crippen LogP contribution in [-0.4, -0.2) is 31.3 Å². The van der Waals surface area contributed by atoms with E-state index in [0.29, 0.717) is 22.7 Å². The minimum absolute atomic E-state index is 0.147. The quantitative estimate of drug-likeness (QED) is 0.741. The minimum Gasteiger partial charge on any atom is -0.493 e. The van der Waals surface area contributed by atoms with Crippen LogP contribution in [0.2, 0.25) is 0 Å². The Morgan fingerprint density at radius 1 is 1.04 bits per heavy atom. The number of amides is 2. The monoisotopic (exact) mass is 360 g/mol. The first kappa shape index (κ1) is 18.7. The number of anilines is 1. The van der Waals surface area contributed by atoms with Crippen molar-refractivity contribution in [1.29, 1.82) is 0 Å². The lowest BCUT2D eigenvalue weighted by molar-refractivity contribution is -0.115. The summed E-state index contributed by atoms with van der Waals surface area (Å²) in [5.74, 6) is 0.600. The van der Waals surface area contributed by atoms with Gasteiger partial charge in [-0.2, -0.15) is 0 Å². The second kappa shape index (κ2) is 8.43. The van der Waals surface area contributed by atoms with Crippen LogP contribution in [0.15, 0.2) is 47.4 Å². The molecule has 2 rings (SSSR count). The second-order valence-corrected chi connectivity index (χ2v) is 6.62. The van der Waals surface area contributed by atoms with E-state index in [4.69, 9.17) is 15.2 Å². The molecule has 1 unspecified atom stereocenters. The molecule has 2 aromatic rings. The van der Waals surface area contributed by atoms with Gasteiger partial charge in [0.1, 0.15) is 0 Å². The number of carbonyl (C=O) groups is 2. The van der Waals surface area contributed by atoms with E-state index in [2.05, 4.69) is 5.32 Å². The van der Waals surface area contributed by atoms with Crippen LogP contribution in [0, 0.1) is 0 Å². The molecule has 0 heterocycles. The number of hydrogen-bond donors (Lipinski definition) is 2. The Bertz CT molecular complexity index is 762. The maximum atomic E-state index is 12.3. The first-order chi connectivity index (χ1) is 11.9. The predicted molar refractivity (Wildman–Crippen MR) is 98.5 cm³/mol. The molecule has 2 aromatic carbocycles. The summed E-state index contributed by atoms with van der Waals surface area (Å²) in [4.78, 5) is 24.3. The molecular formula is C18H20N2O4S. The molecule has 0 aliphatic heterocycles. The highest BCUT2D eigenvalue weighted by molar-refractivity contribution is 8.00. The Morgan fingerprint density at radius 2 is 1.68 bits per heavy atom. The van der Waals surface area contributed by atoms with Crippen LogP contribution in [0.1, 0.15) is 17.3 Å². The van der Waals surface area contributed by atoms with Gasteiger partial charge in [0.05, 0.1) is 19.5 Å². The number of ether oxygens (including phenoxy) is 2. The van der Waals surface area contributed by atoms with Crippen LogP contribution in [0.25, 0.3) is 0 Å². The van der Waals surface area contributed by atoms with E-state index in [1.54, 1.807) is 44.6 Å². The summed E-state index contributed by atoms with van der Waals surface area (Å²) in [5.41, 5.74) is 6.20. The number of hydrogen-bond acceptors (Lipinski definition) is 5. The van der Waals surface area contributed by atoms with Crippen LogP contribution < -0.4 is 20.5 Å². The van der Waals surface area contributed by atoms with Crippen molar-refractivity contribution in [1.82, 2.24) is 0 Å². The van der Waals surface area contributed by atoms with Crippen molar-refractivity contribution in [3.8, 4) is 11.5 Å². The SMILES string of the molecule is COc1ccc(SC(C)C(=O)Nc2ccc(C(N)=O)cc2)cc1OC. The Morgan fingerprint density at radius 3 is 2.24 bits per heavy atom. The number of benzene rings is 2. The van der Waals surface area contributed by atoms with Crippen LogP contribution in [-0.2, 0) is 4.79 Å². The maximum absolute atomic E-state index is 12.3. The average molecular weight is 360 g/mol. The standard InChI is InChI=1S/C18H20N2O4S/c1-11(25-14-8-9-15(23-2)16(10-14)24-3)18(22)20-13-6-4-12(5-7-13)17(19)21/h4-11H,1-3H3,(H2,19,21)(H,20,22). The molecule has 0 aliphatic rings. The molecule has 25 heavy (non-hydrogen) atoms. The molecule has 132 valence electrons. The number of rotatable bonds is 7. The van der Waals surface area contributed by atoms with Crippen molar-refractivity contribution in [3.05, 3.63) is 48.0 Å². The van der Waals surface area contributed by atoms with Crippen LogP contribution >= 0.6 is 11.8 Å². The van der Waals surface area contributed by atoms with Gasteiger partial charge in [-0.25, -0.2) is 0 Å². The molecule has 0 aromatic heterocycles. The van der Waals surface area contributed by atoms with Gasteiger partial charge in [-0.1, -0.05) is 0 Å². The lowest BCUT2D eigenvalue weighted by atomic mass is 10.2. The fraction of sp³-hybridized carbons (Fsp3) is 0.222. The van der Waals surface area contributed by atoms with Crippen molar-refractivity contribution in [2.45, 2.75) is 17.1 Å². The van der Waals surface area contributed by atoms with E-state index < -0.39 is 5.91 Å². The fourth-order valence-electron chi connectivity index (χ4n) is 2.11. The molecule has 0 fully saturated rings. The van der Waals surface area contributed by atoms with Crippen molar-refractivity contribution in [3.63, 3.8) is 0 Å². The summed E-state index contributed by atoms with van der Waals surface area (Å²) in [6.07, 6.45) is 0. The fourth-order valence-corrected chi connectivity index (χ4v) is 3.01. The molecule has 0 aliphatic carbocycles. The lowest BCUT2D eigenvalue weighted by Crippen LogP contribution is -2.22. The number of methoxy groups -OCH3 is 2. The van der Waals surface area contributed by atoms with Gasteiger partial charge >= 0.3 is 0 Å². The molecule has 2 amide bonds. The number of carbonyl (C=O) groups excluding carboxylic acids is 2. The Kier molecular flexibility index (Phi) is 6.30. The van der Waals surface area contributed by atoms with Crippen molar-refractivity contribution in [2.24, 2.45) is 5.73 Å². The third-order valence-electron chi connectivity index (χ3n) is 3.47. The highest BCUT2D eigenvalue weighted by atomic mass is 32.2. The average Bonchev–Trinajstić information content (AvgIpc) is 2.61. The van der Waals surface area contributed by atoms with Gasteiger partial charge in [0.2, 0.25) is 11.8 Å². The first-order valence-electron chi connectivity index (χ1n) is 7.54. The van der Waals surface area contributed by atoms with Gasteiger partial charge in [-0.15, -0.1) is 11.8 Å². The van der Waals surface area contributed by atoms with Gasteiger partial charge in [0, 0.05) is 16.1 Å². The van der Waals surface area contributed by atoms with E-state index in [0.717, 1.165) is 4.90 Å². The summed E-state index contributed by atoms with van der Waals surface area (Å²) in [7, 11) is 3.14. The van der Waals surface area contributed by atoms with E-state index in [1.165, 1.54) is 11.8 Å². The molecular weight excluding hydrogens is 340 g/mol. The molecule has 0 saturated heterocycles. The van der Waals surface area contributed by atoms with Gasteiger partial charge in [0.15, 0.2) is 11.5 Å². The second-order valence-electron chi connectivity index (χ2n) is 5.21. The lowest BCUT2D eigenvalue weighted by Gasteiger charge is -2.14. The molecule has 0 saturated carbocycles. The van der Waals surface area contributed by atoms with Crippen LogP contribution in [0.3, 0.4) is 0 Å². The van der Waals surface area contributed by atoms with Crippen molar-refractivity contribution in [2.75, 3.05) is 19.5 Å². The van der Waals surface area contributed by atoms with E-state index in [1.807, 2.05) is 19.1 Å². The molecule has 7 heteroatoms. The summed E-state index contributed by atoms with van der Waals surface area (Å²) in [6, 6.07) is 11.9. The zero-order valence-electron chi connectivity index (χ0n) is 14.2. The van der Waals surface area contributed by atoms with E-state index >= 15 is 0 Å². The zero-order valence-corrected chi connectivity index (χ0v) is 15.1. The summed E-state index contributed by atoms with van der Waals surface area (Å²) in [6.45, 7) is 1.81. The number of thioether (sulfide) groups is 1. The number of nitrogens with one attached hydrogen (secondary N) is 1. The summed E-state index contributed by atoms with van der Waals surface area (Å²) < 4.78 is 10.5. The van der Waals surface area contributed by atoms with Gasteiger partial charge < -0.3 is 20.5 Å². The highest BCUT2D eigenvalue weighted by Crippen LogP contribution is 2.33. The Labute approximate surface area is 150 Å². The highest BCUT2D eigenvalue weighted by Gasteiger charge is 2.16. The van der Waals surface area contributed by atoms with Crippen LogP contribution in [0.4, 0.5) is 5.69 Å². The number of primary amides is 1. The van der Waals surface area contributed by atoms with E-state index in [-0.39, 0.29) is 11.2 Å². The molecule has 0 bridgehead atoms. The molecule has 0 spiro atoms. The van der Waals surface area contributed by atoms with E-state index in [9.17, 15) is 9.59 Å². The topological polar surface area (TPSA) is 90.6 Å². The summed E-state index contributed by atoms with van der Waals surface area (Å²) >= 11 is 1.41.